The minimum Gasteiger partial charge on any atom is -0.464 e. The predicted octanol–water partition coefficient (Wildman–Crippen LogP) is 4.28. The normalized spacial score (nSPS) is 12.5. The van der Waals surface area contributed by atoms with Gasteiger partial charge in [0.05, 0.1) is 7.11 Å². The number of hydrogen-bond donors (Lipinski definition) is 0. The first-order valence-corrected chi connectivity index (χ1v) is 10.7. The van der Waals surface area contributed by atoms with Crippen molar-refractivity contribution in [3.63, 3.8) is 0 Å². The van der Waals surface area contributed by atoms with Gasteiger partial charge in [-0.05, 0) is 42.2 Å². The van der Waals surface area contributed by atoms with Crippen LogP contribution in [0.5, 0.6) is 0 Å². The molecule has 8 heteroatoms. The predicted molar refractivity (Wildman–Crippen MR) is 110 cm³/mol. The van der Waals surface area contributed by atoms with Crippen LogP contribution in [0.25, 0.3) is 0 Å². The van der Waals surface area contributed by atoms with Gasteiger partial charge in [-0.15, -0.1) is 0 Å². The lowest BCUT2D eigenvalue weighted by Gasteiger charge is -2.18. The maximum absolute atomic E-state index is 12.4. The standard InChI is InChI=1S/C20H23NO5S2/c1-14-6-10-16(11-7-14)27-18(19(22)25-5)21-26-28(23,24)17-12-8-15(9-13-17)20(2,3)4/h6-13H,1-5H3. The molecule has 0 bridgehead atoms. The van der Waals surface area contributed by atoms with Crippen LogP contribution in [0, 0.1) is 6.92 Å². The number of ether oxygens (including phenoxy) is 1. The quantitative estimate of drug-likeness (QED) is 0.241. The third-order valence-corrected chi connectivity index (χ3v) is 5.89. The van der Waals surface area contributed by atoms with Crippen molar-refractivity contribution in [2.24, 2.45) is 5.16 Å². The highest BCUT2D eigenvalue weighted by Crippen LogP contribution is 2.25. The Labute approximate surface area is 170 Å². The van der Waals surface area contributed by atoms with Gasteiger partial charge in [0.25, 0.3) is 0 Å². The second-order valence-corrected chi connectivity index (χ2v) is 9.70. The molecule has 0 spiro atoms. The summed E-state index contributed by atoms with van der Waals surface area (Å²) in [5.74, 6) is -0.788. The zero-order chi connectivity index (χ0) is 20.9. The summed E-state index contributed by atoms with van der Waals surface area (Å²) < 4.78 is 34.3. The number of nitrogens with zero attached hydrogens (tertiary/aromatic N) is 1. The number of aryl methyl sites for hydroxylation is 1. The van der Waals surface area contributed by atoms with Crippen LogP contribution in [-0.4, -0.2) is 26.5 Å². The summed E-state index contributed by atoms with van der Waals surface area (Å²) in [5, 5.41) is 3.33. The second kappa shape index (κ2) is 8.79. The van der Waals surface area contributed by atoms with Gasteiger partial charge in [0.15, 0.2) is 0 Å². The monoisotopic (exact) mass is 421 g/mol. The van der Waals surface area contributed by atoms with Gasteiger partial charge < -0.3 is 4.74 Å². The molecule has 6 nitrogen and oxygen atoms in total. The largest absolute Gasteiger partial charge is 0.464 e. The fraction of sp³-hybridized carbons (Fsp3) is 0.300. The molecule has 0 aliphatic heterocycles. The fourth-order valence-corrected chi connectivity index (χ4v) is 3.66. The third-order valence-electron chi connectivity index (χ3n) is 3.82. The molecule has 0 radical (unpaired) electrons. The number of oxime groups is 1. The molecule has 0 N–H and O–H groups in total. The van der Waals surface area contributed by atoms with Crippen molar-refractivity contribution in [2.45, 2.75) is 42.9 Å². The lowest BCUT2D eigenvalue weighted by Crippen LogP contribution is -2.14. The van der Waals surface area contributed by atoms with E-state index in [4.69, 9.17) is 4.28 Å². The summed E-state index contributed by atoms with van der Waals surface area (Å²) in [7, 11) is -2.98. The Morgan fingerprint density at radius 2 is 1.57 bits per heavy atom. The zero-order valence-electron chi connectivity index (χ0n) is 16.4. The molecule has 0 aliphatic rings. The highest BCUT2D eigenvalue weighted by Gasteiger charge is 2.21. The Morgan fingerprint density at radius 1 is 1.00 bits per heavy atom. The molecule has 0 unspecified atom stereocenters. The minimum atomic E-state index is -4.17. The highest BCUT2D eigenvalue weighted by atomic mass is 32.2. The van der Waals surface area contributed by atoms with Crippen molar-refractivity contribution in [3.05, 3.63) is 59.7 Å². The first-order valence-electron chi connectivity index (χ1n) is 8.48. The molecule has 28 heavy (non-hydrogen) atoms. The molecule has 0 fully saturated rings. The van der Waals surface area contributed by atoms with Gasteiger partial charge in [0.1, 0.15) is 4.90 Å². The summed E-state index contributed by atoms with van der Waals surface area (Å²) in [5.41, 5.74) is 1.93. The number of rotatable bonds is 4. The van der Waals surface area contributed by atoms with E-state index in [2.05, 4.69) is 9.89 Å². The Kier molecular flexibility index (Phi) is 6.90. The van der Waals surface area contributed by atoms with Gasteiger partial charge >= 0.3 is 16.1 Å². The molecular formula is C20H23NO5S2. The van der Waals surface area contributed by atoms with E-state index in [9.17, 15) is 13.2 Å². The Morgan fingerprint density at radius 3 is 2.07 bits per heavy atom. The highest BCUT2D eigenvalue weighted by molar-refractivity contribution is 8.15. The van der Waals surface area contributed by atoms with E-state index in [-0.39, 0.29) is 15.4 Å². The Bertz CT molecular complexity index is 957. The van der Waals surface area contributed by atoms with Crippen LogP contribution in [0.4, 0.5) is 0 Å². The van der Waals surface area contributed by atoms with Crippen LogP contribution in [0.2, 0.25) is 0 Å². The van der Waals surface area contributed by atoms with Crippen molar-refractivity contribution in [1.29, 1.82) is 0 Å². The number of benzene rings is 2. The van der Waals surface area contributed by atoms with Crippen molar-refractivity contribution < 1.29 is 22.2 Å². The van der Waals surface area contributed by atoms with Gasteiger partial charge in [-0.2, -0.15) is 8.42 Å². The van der Waals surface area contributed by atoms with E-state index in [1.54, 1.807) is 24.3 Å². The van der Waals surface area contributed by atoms with Crippen molar-refractivity contribution >= 4 is 32.9 Å². The molecule has 0 saturated heterocycles. The van der Waals surface area contributed by atoms with Gasteiger partial charge in [0, 0.05) is 4.90 Å². The van der Waals surface area contributed by atoms with Crippen LogP contribution < -0.4 is 0 Å². The van der Waals surface area contributed by atoms with Crippen molar-refractivity contribution in [2.75, 3.05) is 7.11 Å². The number of esters is 1. The molecule has 150 valence electrons. The van der Waals surface area contributed by atoms with Crippen molar-refractivity contribution in [3.8, 4) is 0 Å². The SMILES string of the molecule is COC(=O)C(=NOS(=O)(=O)c1ccc(C(C)(C)C)cc1)Sc1ccc(C)cc1. The second-order valence-electron chi connectivity index (χ2n) is 7.11. The van der Waals surface area contributed by atoms with E-state index in [0.29, 0.717) is 4.90 Å². The van der Waals surface area contributed by atoms with E-state index in [1.165, 1.54) is 19.2 Å². The number of hydrogen-bond acceptors (Lipinski definition) is 7. The van der Waals surface area contributed by atoms with Crippen LogP contribution in [0.1, 0.15) is 31.9 Å². The molecule has 2 aromatic carbocycles. The maximum Gasteiger partial charge on any atom is 0.367 e. The van der Waals surface area contributed by atoms with Crippen LogP contribution in [0.15, 0.2) is 63.5 Å². The Balaban J connectivity index is 2.24. The summed E-state index contributed by atoms with van der Waals surface area (Å²) in [6.45, 7) is 8.02. The lowest BCUT2D eigenvalue weighted by atomic mass is 9.87. The first-order chi connectivity index (χ1) is 13.0. The average Bonchev–Trinajstić information content (AvgIpc) is 2.65. The molecule has 0 saturated carbocycles. The summed E-state index contributed by atoms with van der Waals surface area (Å²) in [6, 6.07) is 13.7. The van der Waals surface area contributed by atoms with Gasteiger partial charge in [-0.3, -0.25) is 4.28 Å². The minimum absolute atomic E-state index is 0.0474. The van der Waals surface area contributed by atoms with Crippen LogP contribution in [-0.2, 0) is 29.3 Å². The molecule has 0 atom stereocenters. The average molecular weight is 422 g/mol. The van der Waals surface area contributed by atoms with E-state index in [1.807, 2.05) is 39.8 Å². The molecular weight excluding hydrogens is 398 g/mol. The molecule has 0 amide bonds. The number of carbonyl (C=O) groups excluding carboxylic acids is 1. The number of carbonyl (C=O) groups is 1. The lowest BCUT2D eigenvalue weighted by molar-refractivity contribution is -0.132. The number of methoxy groups -OCH3 is 1. The van der Waals surface area contributed by atoms with Gasteiger partial charge in [-0.25, -0.2) is 4.79 Å². The smallest absolute Gasteiger partial charge is 0.367 e. The molecule has 2 rings (SSSR count). The van der Waals surface area contributed by atoms with Crippen molar-refractivity contribution in [1.82, 2.24) is 0 Å². The van der Waals surface area contributed by atoms with E-state index < -0.39 is 16.1 Å². The van der Waals surface area contributed by atoms with Crippen LogP contribution >= 0.6 is 11.8 Å². The number of thioether (sulfide) groups is 1. The van der Waals surface area contributed by atoms with E-state index >= 15 is 0 Å². The summed E-state index contributed by atoms with van der Waals surface area (Å²) >= 11 is 0.958. The molecule has 0 aromatic heterocycles. The fourth-order valence-electron chi connectivity index (χ4n) is 2.15. The summed E-state index contributed by atoms with van der Waals surface area (Å²) in [4.78, 5) is 12.6. The Hall–Kier alpha value is -2.32. The first kappa shape index (κ1) is 22.0. The third kappa shape index (κ3) is 5.84. The summed E-state index contributed by atoms with van der Waals surface area (Å²) in [6.07, 6.45) is 0. The van der Waals surface area contributed by atoms with E-state index in [0.717, 1.165) is 22.9 Å². The maximum atomic E-state index is 12.4. The molecule has 0 aliphatic carbocycles. The molecule has 0 heterocycles. The topological polar surface area (TPSA) is 82.0 Å². The zero-order valence-corrected chi connectivity index (χ0v) is 18.1. The van der Waals surface area contributed by atoms with Gasteiger partial charge in [-0.1, -0.05) is 67.5 Å². The van der Waals surface area contributed by atoms with Crippen LogP contribution in [0.3, 0.4) is 0 Å². The van der Waals surface area contributed by atoms with Gasteiger partial charge in [0.2, 0.25) is 5.04 Å². The molecule has 2 aromatic rings.